The lowest BCUT2D eigenvalue weighted by atomic mass is 10.0. The molecule has 1 unspecified atom stereocenters. The number of hydrogen-bond acceptors (Lipinski definition) is 6. The Hall–Kier alpha value is -6.83. The number of benzene rings is 6. The molecule has 1 aliphatic carbocycles. The zero-order chi connectivity index (χ0) is 36.3. The molecule has 1 N–H and O–H groups in total. The van der Waals surface area contributed by atoms with Crippen LogP contribution in [0.2, 0.25) is 0 Å². The summed E-state index contributed by atoms with van der Waals surface area (Å²) in [4.78, 5) is 19.5. The minimum absolute atomic E-state index is 0.297. The van der Waals surface area contributed by atoms with E-state index in [1.165, 1.54) is 21.2 Å². The first-order valence-corrected chi connectivity index (χ1v) is 19.5. The molecule has 7 heteroatoms. The van der Waals surface area contributed by atoms with Crippen LogP contribution in [0.3, 0.4) is 0 Å². The topological polar surface area (TPSA) is 58.3 Å². The van der Waals surface area contributed by atoms with E-state index in [2.05, 4.69) is 179 Å². The summed E-state index contributed by atoms with van der Waals surface area (Å²) in [6.45, 7) is 0. The van der Waals surface area contributed by atoms with E-state index in [9.17, 15) is 0 Å². The van der Waals surface area contributed by atoms with Crippen LogP contribution >= 0.6 is 11.3 Å². The van der Waals surface area contributed by atoms with E-state index in [1.807, 2.05) is 6.21 Å². The lowest BCUT2D eigenvalue weighted by Crippen LogP contribution is -2.17. The summed E-state index contributed by atoms with van der Waals surface area (Å²) in [5.74, 6) is 1.59. The molecule has 0 amide bonds. The molecule has 0 bridgehead atoms. The monoisotopic (exact) mass is 726 g/mol. The van der Waals surface area contributed by atoms with Crippen LogP contribution in [0, 0.1) is 0 Å². The highest BCUT2D eigenvalue weighted by Crippen LogP contribution is 2.43. The van der Waals surface area contributed by atoms with Gasteiger partial charge >= 0.3 is 0 Å². The Balaban J connectivity index is 1.03. The van der Waals surface area contributed by atoms with Gasteiger partial charge in [-0.25, -0.2) is 9.97 Å². The fraction of sp³-hybridized carbons (Fsp3) is 0.0625. The second kappa shape index (κ2) is 12.9. The van der Waals surface area contributed by atoms with Gasteiger partial charge in [-0.05, 0) is 89.3 Å². The Morgan fingerprint density at radius 2 is 1.40 bits per heavy atom. The van der Waals surface area contributed by atoms with Crippen molar-refractivity contribution in [1.29, 1.82) is 0 Å². The quantitative estimate of drug-likeness (QED) is 0.185. The highest BCUT2D eigenvalue weighted by atomic mass is 32.1. The highest BCUT2D eigenvalue weighted by Gasteiger charge is 2.27. The third-order valence-corrected chi connectivity index (χ3v) is 11.9. The van der Waals surface area contributed by atoms with Crippen molar-refractivity contribution in [1.82, 2.24) is 14.5 Å². The summed E-state index contributed by atoms with van der Waals surface area (Å²) in [6, 6.07) is 53.3. The third-order valence-electron chi connectivity index (χ3n) is 10.7. The van der Waals surface area contributed by atoms with Crippen molar-refractivity contribution >= 4 is 78.4 Å². The number of rotatable bonds is 6. The van der Waals surface area contributed by atoms with Crippen molar-refractivity contribution in [3.8, 4) is 17.2 Å². The average Bonchev–Trinajstić information content (AvgIpc) is 3.80. The summed E-state index contributed by atoms with van der Waals surface area (Å²) < 4.78 is 3.34. The lowest BCUT2D eigenvalue weighted by Gasteiger charge is -2.26. The van der Waals surface area contributed by atoms with Crippen LogP contribution in [-0.2, 0) is 6.42 Å². The Labute approximate surface area is 322 Å². The molecular weight excluding hydrogens is 693 g/mol. The first-order valence-electron chi connectivity index (χ1n) is 18.7. The van der Waals surface area contributed by atoms with Crippen LogP contribution in [0.1, 0.15) is 34.2 Å². The van der Waals surface area contributed by atoms with Gasteiger partial charge < -0.3 is 10.2 Å². The van der Waals surface area contributed by atoms with Crippen LogP contribution in [0.25, 0.3) is 55.2 Å². The Kier molecular flexibility index (Phi) is 7.45. The van der Waals surface area contributed by atoms with Gasteiger partial charge in [0, 0.05) is 44.7 Å². The van der Waals surface area contributed by atoms with Crippen molar-refractivity contribution in [2.75, 3.05) is 10.2 Å². The summed E-state index contributed by atoms with van der Waals surface area (Å²) in [7, 11) is 0. The molecular formula is C48H34N6S. The second-order valence-corrected chi connectivity index (χ2v) is 15.1. The molecule has 0 fully saturated rings. The standard InChI is InChI=1S/C48H34N6S/c1-3-15-35(16-4-1)53(36-17-5-2-6-18-36)37-27-25-32(26-28-37)46-49-30-40-38-19-9-11-21-41(38)54(47(40)52-46)48-50-43(34-24-23-31-13-7-8-14-33(31)29-34)45-44(51-48)39-20-10-12-22-42(39)55-45/h1-9,11-19,21-30,46,52H,10,20H2. The van der Waals surface area contributed by atoms with Crippen molar-refractivity contribution in [3.05, 3.63) is 179 Å². The summed E-state index contributed by atoms with van der Waals surface area (Å²) in [5, 5.41) is 7.35. The number of aliphatic imine (C=N–C) groups is 1. The van der Waals surface area contributed by atoms with E-state index < -0.39 is 0 Å². The zero-order valence-electron chi connectivity index (χ0n) is 29.8. The predicted molar refractivity (Wildman–Crippen MR) is 230 cm³/mol. The molecule has 0 saturated heterocycles. The Morgan fingerprint density at radius 3 is 2.20 bits per heavy atom. The van der Waals surface area contributed by atoms with E-state index in [0.717, 1.165) is 79.2 Å². The number of fused-ring (bicyclic) bond motifs is 7. The second-order valence-electron chi connectivity index (χ2n) is 14.0. The molecule has 11 rings (SSSR count). The number of anilines is 4. The molecule has 6 aromatic carbocycles. The van der Waals surface area contributed by atoms with Crippen molar-refractivity contribution in [3.63, 3.8) is 0 Å². The number of aryl methyl sites for hydroxylation is 1. The third kappa shape index (κ3) is 5.35. The van der Waals surface area contributed by atoms with Gasteiger partial charge in [-0.1, -0.05) is 109 Å². The van der Waals surface area contributed by atoms with E-state index in [1.54, 1.807) is 11.3 Å². The minimum atomic E-state index is -0.297. The van der Waals surface area contributed by atoms with E-state index in [0.29, 0.717) is 5.95 Å². The Bertz CT molecular complexity index is 2920. The summed E-state index contributed by atoms with van der Waals surface area (Å²) in [6.07, 6.45) is 8.23. The number of aromatic nitrogens is 3. The van der Waals surface area contributed by atoms with Gasteiger partial charge in [0.25, 0.3) is 0 Å². The zero-order valence-corrected chi connectivity index (χ0v) is 30.6. The average molecular weight is 727 g/mol. The lowest BCUT2D eigenvalue weighted by molar-refractivity contribution is 0.813. The van der Waals surface area contributed by atoms with Gasteiger partial charge in [-0.15, -0.1) is 11.3 Å². The first-order chi connectivity index (χ1) is 27.3. The van der Waals surface area contributed by atoms with Crippen molar-refractivity contribution in [2.45, 2.75) is 19.0 Å². The summed E-state index contributed by atoms with van der Waals surface area (Å²) >= 11 is 1.80. The molecule has 262 valence electrons. The number of nitrogens with zero attached hydrogens (tertiary/aromatic N) is 5. The number of para-hydroxylation sites is 3. The van der Waals surface area contributed by atoms with Gasteiger partial charge in [-0.3, -0.25) is 9.56 Å². The maximum Gasteiger partial charge on any atom is 0.237 e. The van der Waals surface area contributed by atoms with Gasteiger partial charge in [0.1, 0.15) is 12.0 Å². The molecule has 0 radical (unpaired) electrons. The maximum atomic E-state index is 5.46. The van der Waals surface area contributed by atoms with Gasteiger partial charge in [0.15, 0.2) is 0 Å². The largest absolute Gasteiger partial charge is 0.345 e. The van der Waals surface area contributed by atoms with Gasteiger partial charge in [0.2, 0.25) is 5.95 Å². The molecule has 2 aliphatic rings. The van der Waals surface area contributed by atoms with Crippen molar-refractivity contribution < 1.29 is 0 Å². The Morgan fingerprint density at radius 1 is 0.691 bits per heavy atom. The molecule has 1 atom stereocenters. The number of nitrogens with one attached hydrogen (secondary N) is 1. The molecule has 6 nitrogen and oxygen atoms in total. The fourth-order valence-corrected chi connectivity index (χ4v) is 9.32. The molecule has 0 spiro atoms. The van der Waals surface area contributed by atoms with Crippen LogP contribution in [0.15, 0.2) is 163 Å². The van der Waals surface area contributed by atoms with Crippen molar-refractivity contribution in [2.24, 2.45) is 4.99 Å². The minimum Gasteiger partial charge on any atom is -0.345 e. The maximum absolute atomic E-state index is 5.46. The number of hydrogen-bond donors (Lipinski definition) is 1. The van der Waals surface area contributed by atoms with Crippen LogP contribution in [0.4, 0.5) is 22.9 Å². The van der Waals surface area contributed by atoms with E-state index >= 15 is 0 Å². The SMILES string of the molecule is C1=Cc2sc3c(-c4ccc5ccccc5c4)nc(-n4c5c(c6ccccc64)C=NC(c4ccc(N(c6ccccc6)c6ccccc6)cc4)N5)nc3c2CC1. The smallest absolute Gasteiger partial charge is 0.237 e. The van der Waals surface area contributed by atoms with E-state index in [-0.39, 0.29) is 6.17 Å². The van der Waals surface area contributed by atoms with Crippen LogP contribution < -0.4 is 10.2 Å². The number of allylic oxidation sites excluding steroid dienone is 1. The number of thiophene rings is 1. The molecule has 9 aromatic rings. The molecule has 4 heterocycles. The van der Waals surface area contributed by atoms with Crippen LogP contribution in [0.5, 0.6) is 0 Å². The van der Waals surface area contributed by atoms with Gasteiger partial charge in [0.05, 0.1) is 21.4 Å². The molecule has 3 aromatic heterocycles. The highest BCUT2D eigenvalue weighted by molar-refractivity contribution is 7.20. The van der Waals surface area contributed by atoms with Crippen LogP contribution in [-0.4, -0.2) is 20.7 Å². The van der Waals surface area contributed by atoms with E-state index in [4.69, 9.17) is 15.0 Å². The summed E-state index contributed by atoms with van der Waals surface area (Å²) in [5.41, 5.74) is 10.8. The molecule has 55 heavy (non-hydrogen) atoms. The molecule has 1 aliphatic heterocycles. The van der Waals surface area contributed by atoms with Gasteiger partial charge in [-0.2, -0.15) is 0 Å². The molecule has 0 saturated carbocycles. The predicted octanol–water partition coefficient (Wildman–Crippen LogP) is 12.4. The first kappa shape index (κ1) is 31.7. The fourth-order valence-electron chi connectivity index (χ4n) is 8.09. The normalized spacial score (nSPS) is 14.6.